The molecule has 118 valence electrons. The average molecular weight is 305 g/mol. The van der Waals surface area contributed by atoms with E-state index in [4.69, 9.17) is 0 Å². The number of nitrogens with one attached hydrogen (secondary N) is 1. The van der Waals surface area contributed by atoms with E-state index in [-0.39, 0.29) is 23.3 Å². The van der Waals surface area contributed by atoms with Gasteiger partial charge in [-0.2, -0.15) is 5.10 Å². The van der Waals surface area contributed by atoms with Gasteiger partial charge in [0.1, 0.15) is 5.82 Å². The molecular weight excluding hydrogens is 285 g/mol. The Morgan fingerprint density at radius 1 is 1.32 bits per heavy atom. The van der Waals surface area contributed by atoms with Gasteiger partial charge in [0, 0.05) is 12.7 Å². The normalized spacial score (nSPS) is 12.4. The van der Waals surface area contributed by atoms with Crippen LogP contribution in [0, 0.1) is 11.7 Å². The van der Waals surface area contributed by atoms with Crippen molar-refractivity contribution in [1.29, 1.82) is 0 Å². The molecule has 0 aliphatic carbocycles. The highest BCUT2D eigenvalue weighted by Gasteiger charge is 2.12. The molecule has 0 saturated carbocycles. The molecule has 1 amide bonds. The van der Waals surface area contributed by atoms with E-state index >= 15 is 0 Å². The zero-order valence-electron chi connectivity index (χ0n) is 12.7. The van der Waals surface area contributed by atoms with E-state index in [1.54, 1.807) is 24.4 Å². The van der Waals surface area contributed by atoms with Gasteiger partial charge in [-0.25, -0.2) is 9.07 Å². The van der Waals surface area contributed by atoms with E-state index in [1.807, 2.05) is 13.8 Å². The molecular formula is C16H20FN3O2. The minimum Gasteiger partial charge on any atom is -0.393 e. The number of benzene rings is 1. The van der Waals surface area contributed by atoms with Crippen LogP contribution in [0.4, 0.5) is 4.39 Å². The van der Waals surface area contributed by atoms with Crippen molar-refractivity contribution in [1.82, 2.24) is 15.1 Å². The van der Waals surface area contributed by atoms with E-state index in [9.17, 15) is 14.3 Å². The smallest absolute Gasteiger partial charge is 0.271 e. The van der Waals surface area contributed by atoms with Crippen LogP contribution in [0.15, 0.2) is 36.5 Å². The van der Waals surface area contributed by atoms with Crippen molar-refractivity contribution in [3.05, 3.63) is 48.0 Å². The summed E-state index contributed by atoms with van der Waals surface area (Å²) >= 11 is 0. The third-order valence-electron chi connectivity index (χ3n) is 3.41. The zero-order chi connectivity index (χ0) is 16.1. The largest absolute Gasteiger partial charge is 0.393 e. The van der Waals surface area contributed by atoms with Gasteiger partial charge in [-0.3, -0.25) is 4.79 Å². The Balaban J connectivity index is 1.93. The molecule has 2 rings (SSSR count). The molecule has 1 unspecified atom stereocenters. The molecule has 1 aromatic carbocycles. The van der Waals surface area contributed by atoms with Gasteiger partial charge in [0.2, 0.25) is 0 Å². The van der Waals surface area contributed by atoms with Crippen LogP contribution in [0.1, 0.15) is 30.8 Å². The number of hydrogen-bond donors (Lipinski definition) is 2. The molecule has 1 aromatic heterocycles. The quantitative estimate of drug-likeness (QED) is 0.859. The lowest BCUT2D eigenvalue weighted by Crippen LogP contribution is -2.29. The van der Waals surface area contributed by atoms with E-state index in [1.165, 1.54) is 16.8 Å². The Hall–Kier alpha value is -2.21. The van der Waals surface area contributed by atoms with Crippen LogP contribution >= 0.6 is 0 Å². The SMILES string of the molecule is CC(C)C(O)CCNC(=O)c1ccn(-c2ccc(F)cc2)n1. The van der Waals surface area contributed by atoms with Crippen LogP contribution in [0.5, 0.6) is 0 Å². The van der Waals surface area contributed by atoms with Crippen LogP contribution < -0.4 is 5.32 Å². The molecule has 5 nitrogen and oxygen atoms in total. The van der Waals surface area contributed by atoms with Crippen LogP contribution in [-0.2, 0) is 0 Å². The lowest BCUT2D eigenvalue weighted by molar-refractivity contribution is 0.0915. The fourth-order valence-corrected chi connectivity index (χ4v) is 1.94. The lowest BCUT2D eigenvalue weighted by atomic mass is 10.0. The number of amides is 1. The van der Waals surface area contributed by atoms with Gasteiger partial charge in [-0.1, -0.05) is 13.8 Å². The number of aliphatic hydroxyl groups excluding tert-OH is 1. The highest BCUT2D eigenvalue weighted by Crippen LogP contribution is 2.09. The molecule has 0 aliphatic heterocycles. The first-order chi connectivity index (χ1) is 10.5. The predicted octanol–water partition coefficient (Wildman–Crippen LogP) is 2.15. The van der Waals surface area contributed by atoms with E-state index in [2.05, 4.69) is 10.4 Å². The Labute approximate surface area is 128 Å². The number of rotatable bonds is 6. The highest BCUT2D eigenvalue weighted by molar-refractivity contribution is 5.92. The monoisotopic (exact) mass is 305 g/mol. The minimum atomic E-state index is -0.433. The van der Waals surface area contributed by atoms with Crippen LogP contribution in [0.25, 0.3) is 5.69 Å². The molecule has 6 heteroatoms. The summed E-state index contributed by atoms with van der Waals surface area (Å²) in [6, 6.07) is 7.44. The minimum absolute atomic E-state index is 0.162. The van der Waals surface area contributed by atoms with Crippen molar-refractivity contribution >= 4 is 5.91 Å². The number of carbonyl (C=O) groups excluding carboxylic acids is 1. The topological polar surface area (TPSA) is 67.2 Å². The molecule has 0 radical (unpaired) electrons. The summed E-state index contributed by atoms with van der Waals surface area (Å²) in [6.07, 6.45) is 1.71. The first-order valence-electron chi connectivity index (χ1n) is 7.25. The second-order valence-corrected chi connectivity index (χ2v) is 5.48. The average Bonchev–Trinajstić information content (AvgIpc) is 2.97. The fourth-order valence-electron chi connectivity index (χ4n) is 1.94. The zero-order valence-corrected chi connectivity index (χ0v) is 12.7. The second kappa shape index (κ2) is 7.17. The molecule has 0 aliphatic rings. The first-order valence-corrected chi connectivity index (χ1v) is 7.25. The number of hydrogen-bond acceptors (Lipinski definition) is 3. The summed E-state index contributed by atoms with van der Waals surface area (Å²) in [5.74, 6) is -0.455. The van der Waals surface area contributed by atoms with Crippen molar-refractivity contribution in [3.8, 4) is 5.69 Å². The molecule has 0 spiro atoms. The number of halogens is 1. The Morgan fingerprint density at radius 3 is 2.64 bits per heavy atom. The van der Waals surface area contributed by atoms with Gasteiger partial charge >= 0.3 is 0 Å². The van der Waals surface area contributed by atoms with Gasteiger partial charge in [-0.15, -0.1) is 0 Å². The number of aromatic nitrogens is 2. The molecule has 0 fully saturated rings. The maximum Gasteiger partial charge on any atom is 0.271 e. The summed E-state index contributed by atoms with van der Waals surface area (Å²) in [5, 5.41) is 16.6. The molecule has 0 bridgehead atoms. The standard InChI is InChI=1S/C16H20FN3O2/c1-11(2)15(21)7-9-18-16(22)14-8-10-20(19-14)13-5-3-12(17)4-6-13/h3-6,8,10-11,15,21H,7,9H2,1-2H3,(H,18,22). The van der Waals surface area contributed by atoms with Gasteiger partial charge < -0.3 is 10.4 Å². The van der Waals surface area contributed by atoms with Crippen LogP contribution in [0.2, 0.25) is 0 Å². The van der Waals surface area contributed by atoms with Gasteiger partial charge in [0.05, 0.1) is 11.8 Å². The lowest BCUT2D eigenvalue weighted by Gasteiger charge is -2.14. The maximum atomic E-state index is 12.9. The summed E-state index contributed by atoms with van der Waals surface area (Å²) in [6.45, 7) is 4.25. The molecule has 2 aromatic rings. The summed E-state index contributed by atoms with van der Waals surface area (Å²) in [4.78, 5) is 12.0. The van der Waals surface area contributed by atoms with Gasteiger partial charge in [-0.05, 0) is 42.7 Å². The summed E-state index contributed by atoms with van der Waals surface area (Å²) in [7, 11) is 0. The first kappa shape index (κ1) is 16.2. The molecule has 2 N–H and O–H groups in total. The van der Waals surface area contributed by atoms with Crippen molar-refractivity contribution in [2.45, 2.75) is 26.4 Å². The molecule has 22 heavy (non-hydrogen) atoms. The number of aliphatic hydroxyl groups is 1. The molecule has 0 saturated heterocycles. The maximum absolute atomic E-state index is 12.9. The van der Waals surface area contributed by atoms with Gasteiger partial charge in [0.15, 0.2) is 5.69 Å². The van der Waals surface area contributed by atoms with Gasteiger partial charge in [0.25, 0.3) is 5.91 Å². The molecule has 1 heterocycles. The van der Waals surface area contributed by atoms with Crippen molar-refractivity contribution in [3.63, 3.8) is 0 Å². The van der Waals surface area contributed by atoms with Crippen molar-refractivity contribution in [2.75, 3.05) is 6.54 Å². The summed E-state index contributed by atoms with van der Waals surface area (Å²) in [5.41, 5.74) is 0.957. The number of carbonyl (C=O) groups is 1. The highest BCUT2D eigenvalue weighted by atomic mass is 19.1. The van der Waals surface area contributed by atoms with E-state index < -0.39 is 6.10 Å². The van der Waals surface area contributed by atoms with Crippen molar-refractivity contribution in [2.24, 2.45) is 5.92 Å². The predicted molar refractivity (Wildman–Crippen MR) is 81.3 cm³/mol. The van der Waals surface area contributed by atoms with Crippen molar-refractivity contribution < 1.29 is 14.3 Å². The van der Waals surface area contributed by atoms with Crippen LogP contribution in [0.3, 0.4) is 0 Å². The van der Waals surface area contributed by atoms with E-state index in [0.717, 1.165) is 0 Å². The number of nitrogens with zero attached hydrogens (tertiary/aromatic N) is 2. The van der Waals surface area contributed by atoms with Crippen LogP contribution in [-0.4, -0.2) is 33.4 Å². The second-order valence-electron chi connectivity index (χ2n) is 5.48. The Bertz CT molecular complexity index is 623. The molecule has 1 atom stereocenters. The third-order valence-corrected chi connectivity index (χ3v) is 3.41. The Morgan fingerprint density at radius 2 is 2.00 bits per heavy atom. The van der Waals surface area contributed by atoms with E-state index in [0.29, 0.717) is 18.7 Å². The third kappa shape index (κ3) is 4.14. The fraction of sp³-hybridized carbons (Fsp3) is 0.375. The Kier molecular flexibility index (Phi) is 5.27. The summed E-state index contributed by atoms with van der Waals surface area (Å²) < 4.78 is 14.4.